The molecule has 0 amide bonds. The Kier molecular flexibility index (Phi) is 31.6. The van der Waals surface area contributed by atoms with Gasteiger partial charge in [0.25, 0.3) is 0 Å². The Bertz CT molecular complexity index is 7070. The fourth-order valence-corrected chi connectivity index (χ4v) is 19.4. The second-order valence-corrected chi connectivity index (χ2v) is 35.7. The van der Waals surface area contributed by atoms with Gasteiger partial charge in [-0.1, -0.05) is 271 Å². The van der Waals surface area contributed by atoms with Crippen LogP contribution in [-0.2, 0) is 63.2 Å². The topological polar surface area (TPSA) is 101 Å². The predicted molar refractivity (Wildman–Crippen MR) is 587 cm³/mol. The molecule has 16 aromatic rings. The Labute approximate surface area is 886 Å². The van der Waals surface area contributed by atoms with Crippen LogP contribution in [-0.4, -0.2) is 50.3 Å². The van der Waals surface area contributed by atoms with Crippen LogP contribution in [0.4, 0.5) is 68.2 Å². The van der Waals surface area contributed by atoms with Gasteiger partial charge in [-0.05, 0) is 161 Å². The number of anilines is 12. The van der Waals surface area contributed by atoms with Crippen LogP contribution in [0.2, 0.25) is 0 Å². The first-order chi connectivity index (χ1) is 68.4. The van der Waals surface area contributed by atoms with E-state index in [0.29, 0.717) is 0 Å². The molecule has 17 nitrogen and oxygen atoms in total. The molecule has 0 atom stereocenters. The van der Waals surface area contributed by atoms with E-state index in [-0.39, 0.29) is 83.3 Å². The summed E-state index contributed by atoms with van der Waals surface area (Å²) >= 11 is 0. The molecule has 16 aromatic carbocycles. The molecule has 23 heteroatoms. The van der Waals surface area contributed by atoms with Crippen molar-refractivity contribution in [2.24, 2.45) is 25.5 Å². The van der Waals surface area contributed by atoms with E-state index < -0.39 is 0 Å². The van der Waals surface area contributed by atoms with Crippen molar-refractivity contribution in [2.75, 3.05) is 59.3 Å². The molecule has 0 spiro atoms. The first kappa shape index (κ1) is 100. The summed E-state index contributed by atoms with van der Waals surface area (Å²) in [6.07, 6.45) is 7.81. The van der Waals surface area contributed by atoms with Crippen molar-refractivity contribution in [1.82, 2.24) is 0 Å². The minimum Gasteiger partial charge on any atom is -0.500 e. The average molecular weight is 2400 g/mol. The maximum atomic E-state index is 5.13. The van der Waals surface area contributed by atoms with E-state index in [0.717, 1.165) is 124 Å². The molecule has 6 aliphatic heterocycles. The zero-order chi connectivity index (χ0) is 95.9. The molecular weight excluding hydrogens is 2300 g/mol. The monoisotopic (exact) mass is 2400 g/mol. The third-order valence-corrected chi connectivity index (χ3v) is 25.6. The molecule has 0 fully saturated rings. The number of hydrazone groups is 5. The Morgan fingerprint density at radius 1 is 0.224 bits per heavy atom. The number of para-hydroxylation sites is 6. The van der Waals surface area contributed by atoms with Crippen LogP contribution in [0.5, 0.6) is 0 Å². The molecule has 6 aliphatic rings. The predicted octanol–water partition coefficient (Wildman–Crippen LogP) is 19.2. The molecule has 22 rings (SSSR count). The molecule has 0 saturated heterocycles. The van der Waals surface area contributed by atoms with Crippen molar-refractivity contribution in [1.29, 1.82) is 0 Å². The third-order valence-electron chi connectivity index (χ3n) is 25.6. The van der Waals surface area contributed by atoms with E-state index in [9.17, 15) is 0 Å². The van der Waals surface area contributed by atoms with Crippen molar-refractivity contribution in [3.05, 3.63) is 502 Å². The number of aryl methyl sites for hydroxylation is 9. The van der Waals surface area contributed by atoms with E-state index in [4.69, 9.17) is 20.4 Å². The molecule has 0 radical (unpaired) electrons. The van der Waals surface area contributed by atoms with Gasteiger partial charge in [-0.3, -0.25) is 0 Å². The number of benzene rings is 16. The van der Waals surface area contributed by atoms with Gasteiger partial charge in [-0.25, -0.2) is 0 Å². The summed E-state index contributed by atoms with van der Waals surface area (Å²) in [6, 6.07) is 146. The van der Waals surface area contributed by atoms with Gasteiger partial charge in [0.15, 0.2) is 20.1 Å². The molecule has 6 heterocycles. The smallest absolute Gasteiger partial charge is 0.500 e. The fraction of sp³-hybridized carbons (Fsp3) is 0.0917. The van der Waals surface area contributed by atoms with E-state index in [1.165, 1.54) is 66.5 Å². The first-order valence-electron chi connectivity index (χ1n) is 47.2. The minimum atomic E-state index is -0.127. The van der Waals surface area contributed by atoms with Gasteiger partial charge in [0, 0.05) is 39.7 Å². The Balaban J connectivity index is 0.000000146. The summed E-state index contributed by atoms with van der Waals surface area (Å²) in [5.74, 6) is 2.65. The van der Waals surface area contributed by atoms with Crippen LogP contribution < -0.4 is 109 Å². The maximum absolute atomic E-state index is 5.13. The molecule has 0 bridgehead atoms. The third kappa shape index (κ3) is 22.2. The zero-order valence-corrected chi connectivity index (χ0v) is 87.9. The molecule has 143 heavy (non-hydrogen) atoms. The number of amidine groups is 3. The van der Waals surface area contributed by atoms with Gasteiger partial charge in [-0.2, -0.15) is 174 Å². The van der Waals surface area contributed by atoms with Crippen molar-refractivity contribution in [2.45, 2.75) is 76.2 Å². The zero-order valence-electron chi connectivity index (χ0n) is 81.1. The van der Waals surface area contributed by atoms with Crippen LogP contribution in [0.3, 0.4) is 0 Å². The van der Waals surface area contributed by atoms with Gasteiger partial charge >= 0.3 is 63.2 Å². The summed E-state index contributed by atoms with van der Waals surface area (Å²) in [6.45, 7) is 35.6. The maximum Gasteiger partial charge on any atom is 4.00 e. The van der Waals surface area contributed by atoms with E-state index in [1.807, 2.05) is 210 Å². The Morgan fingerprint density at radius 2 is 0.476 bits per heavy atom. The molecule has 0 aliphatic carbocycles. The second kappa shape index (κ2) is 45.2. The van der Waals surface area contributed by atoms with Gasteiger partial charge in [0.1, 0.15) is 5.84 Å². The SMILES string of the molecule is CC1=NN(c2[c-]c(B(c3[c-]c(N4[CH-]N(c5ccccc5)C(C)=N4)ccc3)c3c(C)cc(C)cc3C)ccc2)[CH-]N1c1ccccc1.Cc1cc(C)c(B(c2[c-]c(N3C=CN(c4ccccc4)[CH-]3)ccc2)c2[c-]c(N3[CH-]N(c4ccccc4)C=N3)ccc2)c(C)c1.Cc1cc(C)c(B(c2[c-]c(N3[CH-]N(c4ccccc4)C=N3)ccc2)c2[c-]c(N3[CH-]N(c4ccccc4)C(c4ccccc4)=N3)ccc2)c(C)c1.[Pt+4].[Pt+4].[Pt+4]. The van der Waals surface area contributed by atoms with Crippen molar-refractivity contribution in [3.8, 4) is 0 Å². The van der Waals surface area contributed by atoms with E-state index >= 15 is 0 Å². The van der Waals surface area contributed by atoms with Crippen LogP contribution >= 0.6 is 0 Å². The minimum absolute atomic E-state index is 0. The fourth-order valence-electron chi connectivity index (χ4n) is 19.4. The number of hydrogen-bond donors (Lipinski definition) is 0. The summed E-state index contributed by atoms with van der Waals surface area (Å²) in [5, 5.41) is 33.7. The number of rotatable bonds is 22. The first-order valence-corrected chi connectivity index (χ1v) is 47.2. The van der Waals surface area contributed by atoms with E-state index in [2.05, 4.69) is 390 Å². The van der Waals surface area contributed by atoms with Crippen LogP contribution in [0.25, 0.3) is 0 Å². The molecule has 0 aromatic heterocycles. The van der Waals surface area contributed by atoms with Gasteiger partial charge in [-0.15, -0.1) is 76.0 Å². The molecule has 0 unspecified atom stereocenters. The van der Waals surface area contributed by atoms with Crippen LogP contribution in [0, 0.1) is 139 Å². The van der Waals surface area contributed by atoms with Crippen molar-refractivity contribution < 1.29 is 63.2 Å². The van der Waals surface area contributed by atoms with Crippen LogP contribution in [0.1, 0.15) is 69.5 Å². The summed E-state index contributed by atoms with van der Waals surface area (Å²) < 4.78 is 0. The molecular formula is C120H102B3N17Pt3. The Hall–Kier alpha value is -14.5. The molecule has 0 N–H and O–H groups in total. The summed E-state index contributed by atoms with van der Waals surface area (Å²) in [5.41, 5.74) is 34.2. The Morgan fingerprint density at radius 3 is 0.797 bits per heavy atom. The van der Waals surface area contributed by atoms with Crippen molar-refractivity contribution in [3.63, 3.8) is 0 Å². The second-order valence-electron chi connectivity index (χ2n) is 35.7. The number of nitrogens with zero attached hydrogens (tertiary/aromatic N) is 17. The molecule has 0 saturated carbocycles. The average Bonchev–Trinajstić information content (AvgIpc) is 1.73. The van der Waals surface area contributed by atoms with Gasteiger partial charge < -0.3 is 59.3 Å². The normalized spacial score (nSPS) is 13.9. The summed E-state index contributed by atoms with van der Waals surface area (Å²) in [7, 11) is 0. The summed E-state index contributed by atoms with van der Waals surface area (Å²) in [4.78, 5) is 14.6. The molecule has 706 valence electrons. The van der Waals surface area contributed by atoms with Crippen molar-refractivity contribution >= 4 is 168 Å². The van der Waals surface area contributed by atoms with Gasteiger partial charge in [0.2, 0.25) is 0 Å². The quantitative estimate of drug-likeness (QED) is 0.0477. The van der Waals surface area contributed by atoms with Gasteiger partial charge in [0.05, 0.1) is 24.3 Å². The number of hydrogen-bond acceptors (Lipinski definition) is 17. The van der Waals surface area contributed by atoms with E-state index in [1.54, 1.807) is 0 Å². The standard InChI is InChI=1S/C43H35BN6.C39H35BN6.C38H32BN5.3Pt/c1-32-25-33(2)42(34(3)26-32)44(36-17-13-23-40(27-36)49-30-47(29-45-49)38-19-9-5-10-20-38)37-18-14-24-41(28-37)50-31-48(39-21-11-6-12-22-39)43(46-50)35-15-7-4-8-16-35;1-28-22-29(2)39(30(3)23-28)40(33-14-12-20-37(24-33)45-26-43(31(4)41-45)35-16-8-6-9-17-35)34-15-13-21-38(25-34)46-27-44(32(5)42-46)36-18-10-7-11-19-36;1-29-22-30(2)38(31(3)23-29)39(32-12-10-18-36(24-32)42-21-20-41(27-42)34-14-6-4-7-15-34)33-13-11-19-37(25-33)44-28-43(26-40-44)35-16-8-5-9-17-35;;;/h4-26,29-31H,1-3H3;6-23,26-27H,1-5H3;4-23,26-28H,1-3H3;;;/q3*-4;3*+4. The largest absolute Gasteiger partial charge is 4.00 e. The van der Waals surface area contributed by atoms with Crippen LogP contribution in [0.15, 0.2) is 396 Å².